The predicted molar refractivity (Wildman–Crippen MR) is 120 cm³/mol. The molecule has 1 aliphatic rings. The van der Waals surface area contributed by atoms with Crippen molar-refractivity contribution in [2.75, 3.05) is 57.8 Å². The number of carbonyl (C=O) groups is 2. The van der Waals surface area contributed by atoms with E-state index in [1.807, 2.05) is 6.07 Å². The monoisotopic (exact) mass is 427 g/mol. The summed E-state index contributed by atoms with van der Waals surface area (Å²) in [5.41, 5.74) is 2.18. The molecule has 2 N–H and O–H groups in total. The second-order valence-corrected chi connectivity index (χ2v) is 7.17. The number of carbonyl (C=O) groups excluding carboxylic acids is 2. The van der Waals surface area contributed by atoms with Crippen molar-refractivity contribution in [3.63, 3.8) is 0 Å². The number of amides is 2. The molecule has 1 fully saturated rings. The summed E-state index contributed by atoms with van der Waals surface area (Å²) in [6.07, 6.45) is 2.19. The lowest BCUT2D eigenvalue weighted by molar-refractivity contribution is 0.0936. The first-order chi connectivity index (χ1) is 15.1. The van der Waals surface area contributed by atoms with Crippen LogP contribution in [-0.4, -0.2) is 59.4 Å². The van der Waals surface area contributed by atoms with Gasteiger partial charge in [-0.1, -0.05) is 6.07 Å². The van der Waals surface area contributed by atoms with Crippen molar-refractivity contribution >= 4 is 23.2 Å². The van der Waals surface area contributed by atoms with E-state index in [1.54, 1.807) is 37.4 Å². The summed E-state index contributed by atoms with van der Waals surface area (Å²) < 4.78 is 15.7. The van der Waals surface area contributed by atoms with Crippen LogP contribution in [0.5, 0.6) is 11.5 Å². The zero-order chi connectivity index (χ0) is 22.2. The number of hydrogen-bond donors (Lipinski definition) is 2. The Morgan fingerprint density at radius 2 is 1.65 bits per heavy atom. The molecule has 0 aliphatic carbocycles. The van der Waals surface area contributed by atoms with E-state index in [0.717, 1.165) is 31.6 Å². The van der Waals surface area contributed by atoms with Crippen LogP contribution in [0, 0.1) is 0 Å². The molecule has 166 valence electrons. The van der Waals surface area contributed by atoms with Crippen LogP contribution in [0.25, 0.3) is 0 Å². The first-order valence-electron chi connectivity index (χ1n) is 10.3. The van der Waals surface area contributed by atoms with Crippen molar-refractivity contribution in [3.05, 3.63) is 47.5 Å². The lowest BCUT2D eigenvalue weighted by Crippen LogP contribution is -2.30. The molecule has 0 radical (unpaired) electrons. The number of anilines is 2. The largest absolute Gasteiger partial charge is 0.496 e. The van der Waals surface area contributed by atoms with E-state index in [9.17, 15) is 9.59 Å². The van der Waals surface area contributed by atoms with Gasteiger partial charge in [-0.3, -0.25) is 9.59 Å². The fourth-order valence-electron chi connectivity index (χ4n) is 3.66. The van der Waals surface area contributed by atoms with Crippen LogP contribution in [0.4, 0.5) is 11.4 Å². The fourth-order valence-corrected chi connectivity index (χ4v) is 3.66. The van der Waals surface area contributed by atoms with Crippen molar-refractivity contribution in [2.24, 2.45) is 0 Å². The van der Waals surface area contributed by atoms with Crippen LogP contribution in [-0.2, 0) is 4.74 Å². The Morgan fingerprint density at radius 1 is 0.968 bits per heavy atom. The smallest absolute Gasteiger partial charge is 0.263 e. The molecule has 31 heavy (non-hydrogen) atoms. The van der Waals surface area contributed by atoms with Gasteiger partial charge in [-0.2, -0.15) is 0 Å². The predicted octanol–water partition coefficient (Wildman–Crippen LogP) is 2.93. The van der Waals surface area contributed by atoms with Crippen LogP contribution in [0.15, 0.2) is 36.4 Å². The van der Waals surface area contributed by atoms with Crippen LogP contribution >= 0.6 is 0 Å². The van der Waals surface area contributed by atoms with Gasteiger partial charge in [0.05, 0.1) is 26.4 Å². The lowest BCUT2D eigenvalue weighted by atomic mass is 10.1. The van der Waals surface area contributed by atoms with Crippen LogP contribution < -0.4 is 25.0 Å². The molecule has 0 unspecified atom stereocenters. The Balaban J connectivity index is 1.89. The Hall–Kier alpha value is -3.26. The lowest BCUT2D eigenvalue weighted by Gasteiger charge is -2.22. The summed E-state index contributed by atoms with van der Waals surface area (Å²) in [5, 5.41) is 5.73. The van der Waals surface area contributed by atoms with E-state index in [2.05, 4.69) is 15.5 Å². The van der Waals surface area contributed by atoms with Gasteiger partial charge < -0.3 is 29.7 Å². The summed E-state index contributed by atoms with van der Waals surface area (Å²) in [4.78, 5) is 28.1. The zero-order valence-corrected chi connectivity index (χ0v) is 18.2. The van der Waals surface area contributed by atoms with Gasteiger partial charge in [0, 0.05) is 38.1 Å². The number of benzene rings is 2. The average molecular weight is 428 g/mol. The fraction of sp³-hybridized carbons (Fsp3) is 0.391. The van der Waals surface area contributed by atoms with Gasteiger partial charge in [0.15, 0.2) is 0 Å². The van der Waals surface area contributed by atoms with Gasteiger partial charge in [0.25, 0.3) is 11.8 Å². The molecule has 0 atom stereocenters. The summed E-state index contributed by atoms with van der Waals surface area (Å²) in [6.45, 7) is 2.64. The topological polar surface area (TPSA) is 89.1 Å². The number of ether oxygens (including phenoxy) is 3. The second-order valence-electron chi connectivity index (χ2n) is 7.17. The molecule has 0 bridgehead atoms. The van der Waals surface area contributed by atoms with Gasteiger partial charge in [-0.25, -0.2) is 0 Å². The molecule has 3 rings (SSSR count). The second kappa shape index (κ2) is 10.7. The van der Waals surface area contributed by atoms with Gasteiger partial charge in [0.2, 0.25) is 0 Å². The van der Waals surface area contributed by atoms with Crippen molar-refractivity contribution in [2.45, 2.75) is 12.8 Å². The number of nitrogens with zero attached hydrogens (tertiary/aromatic N) is 1. The Kier molecular flexibility index (Phi) is 7.72. The number of nitrogens with one attached hydrogen (secondary N) is 2. The SMILES string of the molecule is COCCNC(=O)c1cc(NC(=O)c2c(OC)cccc2OC)ccc1N1CCCC1. The molecule has 0 spiro atoms. The third kappa shape index (κ3) is 5.27. The molecule has 1 saturated heterocycles. The van der Waals surface area contributed by atoms with Gasteiger partial charge in [-0.05, 0) is 43.2 Å². The van der Waals surface area contributed by atoms with Crippen molar-refractivity contribution in [1.82, 2.24) is 5.32 Å². The highest BCUT2D eigenvalue weighted by molar-refractivity contribution is 6.09. The molecular weight excluding hydrogens is 398 g/mol. The number of methoxy groups -OCH3 is 3. The zero-order valence-electron chi connectivity index (χ0n) is 18.2. The Labute approximate surface area is 182 Å². The van der Waals surface area contributed by atoms with Crippen molar-refractivity contribution in [1.29, 1.82) is 0 Å². The highest BCUT2D eigenvalue weighted by Crippen LogP contribution is 2.31. The third-order valence-corrected chi connectivity index (χ3v) is 5.19. The number of hydrogen-bond acceptors (Lipinski definition) is 6. The van der Waals surface area contributed by atoms with Crippen LogP contribution in [0.1, 0.15) is 33.6 Å². The molecule has 8 heteroatoms. The molecule has 0 aromatic heterocycles. The van der Waals surface area contributed by atoms with Gasteiger partial charge in [-0.15, -0.1) is 0 Å². The molecule has 1 aliphatic heterocycles. The molecule has 2 aromatic carbocycles. The average Bonchev–Trinajstić information content (AvgIpc) is 3.33. The summed E-state index contributed by atoms with van der Waals surface area (Å²) in [7, 11) is 4.59. The number of rotatable bonds is 9. The maximum Gasteiger partial charge on any atom is 0.263 e. The van der Waals surface area contributed by atoms with Gasteiger partial charge >= 0.3 is 0 Å². The minimum Gasteiger partial charge on any atom is -0.496 e. The maximum absolute atomic E-state index is 13.0. The van der Waals surface area contributed by atoms with E-state index in [-0.39, 0.29) is 11.8 Å². The molecule has 8 nitrogen and oxygen atoms in total. The van der Waals surface area contributed by atoms with Crippen molar-refractivity contribution < 1.29 is 23.8 Å². The standard InChI is InChI=1S/C23H29N3O5/c1-29-14-11-24-22(27)17-15-16(9-10-18(17)26-12-4-5-13-26)25-23(28)21-19(30-2)7-6-8-20(21)31-3/h6-10,15H,4-5,11-14H2,1-3H3,(H,24,27)(H,25,28). The van der Waals surface area contributed by atoms with E-state index < -0.39 is 0 Å². The Morgan fingerprint density at radius 3 is 2.26 bits per heavy atom. The minimum absolute atomic E-state index is 0.204. The molecular formula is C23H29N3O5. The summed E-state index contributed by atoms with van der Waals surface area (Å²) in [5.74, 6) is 0.227. The summed E-state index contributed by atoms with van der Waals surface area (Å²) in [6, 6.07) is 10.5. The maximum atomic E-state index is 13.0. The normalized spacial score (nSPS) is 13.1. The first kappa shape index (κ1) is 22.4. The third-order valence-electron chi connectivity index (χ3n) is 5.19. The highest BCUT2D eigenvalue weighted by Gasteiger charge is 2.22. The van der Waals surface area contributed by atoms with Crippen molar-refractivity contribution in [3.8, 4) is 11.5 Å². The van der Waals surface area contributed by atoms with Gasteiger partial charge in [0.1, 0.15) is 17.1 Å². The van der Waals surface area contributed by atoms with Crippen LogP contribution in [0.2, 0.25) is 0 Å². The minimum atomic E-state index is -0.381. The summed E-state index contributed by atoms with van der Waals surface area (Å²) >= 11 is 0. The van der Waals surface area contributed by atoms with Crippen LogP contribution in [0.3, 0.4) is 0 Å². The first-order valence-corrected chi connectivity index (χ1v) is 10.3. The van der Waals surface area contributed by atoms with E-state index >= 15 is 0 Å². The highest BCUT2D eigenvalue weighted by atomic mass is 16.5. The van der Waals surface area contributed by atoms with E-state index in [4.69, 9.17) is 14.2 Å². The molecule has 0 saturated carbocycles. The quantitative estimate of drug-likeness (QED) is 0.598. The Bertz CT molecular complexity index is 903. The molecule has 2 amide bonds. The molecule has 1 heterocycles. The van der Waals surface area contributed by atoms with E-state index in [0.29, 0.717) is 41.5 Å². The molecule has 2 aromatic rings. The van der Waals surface area contributed by atoms with E-state index in [1.165, 1.54) is 14.2 Å².